The van der Waals surface area contributed by atoms with Crippen molar-refractivity contribution in [2.24, 2.45) is 0 Å². The maximum absolute atomic E-state index is 12.8. The fraction of sp³-hybridized carbons (Fsp3) is 0.643. The number of rotatable bonds is 13. The quantitative estimate of drug-likeness (QED) is 0.184. The molecular weight excluding hydrogens is 584 g/mol. The molecule has 12 nitrogen and oxygen atoms in total. The zero-order chi connectivity index (χ0) is 32.6. The first-order valence-corrected chi connectivity index (χ1v) is 17.4. The number of aliphatic hydroxyl groups excluding tert-OH is 1. The summed E-state index contributed by atoms with van der Waals surface area (Å²) in [6, 6.07) is -0.860. The van der Waals surface area contributed by atoms with Gasteiger partial charge < -0.3 is 39.5 Å². The van der Waals surface area contributed by atoms with Crippen LogP contribution in [0.15, 0.2) is 6.07 Å². The number of methoxy groups -OCH3 is 2. The number of alkyl carbamates (subject to hydrolysis) is 1. The molecule has 0 unspecified atom stereocenters. The number of hydrogen-bond acceptors (Lipinski definition) is 10. The Morgan fingerprint density at radius 2 is 1.60 bits per heavy atom. The van der Waals surface area contributed by atoms with Gasteiger partial charge in [0.15, 0.2) is 0 Å². The third kappa shape index (κ3) is 10.4. The Hall–Kier alpha value is -2.97. The molecule has 1 aromatic carbocycles. The summed E-state index contributed by atoms with van der Waals surface area (Å²) >= 11 is 1.17. The van der Waals surface area contributed by atoms with Gasteiger partial charge in [0.25, 0.3) is 0 Å². The van der Waals surface area contributed by atoms with E-state index >= 15 is 0 Å². The summed E-state index contributed by atoms with van der Waals surface area (Å²) in [6.07, 6.45) is -0.912. The van der Waals surface area contributed by atoms with Crippen molar-refractivity contribution in [2.45, 2.75) is 90.0 Å². The van der Waals surface area contributed by atoms with Gasteiger partial charge in [-0.25, -0.2) is 14.4 Å². The van der Waals surface area contributed by atoms with Crippen molar-refractivity contribution in [3.8, 4) is 11.5 Å². The van der Waals surface area contributed by atoms with Crippen LogP contribution in [-0.4, -0.2) is 86.7 Å². The van der Waals surface area contributed by atoms with Crippen molar-refractivity contribution in [1.82, 2.24) is 10.6 Å². The van der Waals surface area contributed by atoms with Crippen molar-refractivity contribution < 1.29 is 48.0 Å². The summed E-state index contributed by atoms with van der Waals surface area (Å²) in [4.78, 5) is 49.7. The van der Waals surface area contributed by atoms with Crippen molar-refractivity contribution in [1.29, 1.82) is 0 Å². The molecule has 238 valence electrons. The number of ether oxygens (including phenoxy) is 3. The number of hydrogen-bond donors (Lipinski definition) is 4. The third-order valence-electron chi connectivity index (χ3n) is 6.73. The van der Waals surface area contributed by atoms with Crippen LogP contribution < -0.4 is 19.8 Å². The molecule has 0 aliphatic heterocycles. The minimum atomic E-state index is -2.29. The van der Waals surface area contributed by atoms with E-state index in [4.69, 9.17) is 18.6 Å². The van der Waals surface area contributed by atoms with E-state index in [-0.39, 0.29) is 22.1 Å². The minimum Gasteiger partial charge on any atom is -0.543 e. The molecule has 0 spiro atoms. The summed E-state index contributed by atoms with van der Waals surface area (Å²) in [5.74, 6) is -1.87. The molecule has 0 saturated carbocycles. The maximum atomic E-state index is 12.8. The molecule has 0 saturated heterocycles. The summed E-state index contributed by atoms with van der Waals surface area (Å²) < 4.78 is 21.9. The molecule has 0 aliphatic carbocycles. The van der Waals surface area contributed by atoms with Crippen LogP contribution in [0, 0.1) is 6.92 Å². The van der Waals surface area contributed by atoms with Crippen molar-refractivity contribution in [3.05, 3.63) is 22.8 Å². The fourth-order valence-electron chi connectivity index (χ4n) is 3.44. The van der Waals surface area contributed by atoms with Gasteiger partial charge in [0.1, 0.15) is 29.2 Å². The second-order valence-corrected chi connectivity index (χ2v) is 18.0. The molecule has 42 heavy (non-hydrogen) atoms. The SMILES string of the molecule is COC(=O)[C@H](CSCc1c(OC)cc(O[Si](C)(C)C(C)(C)C)c(C)c1C(=O)O)NC(=O)[C@H](CO)NC(=O)OC(C)(C)C. The van der Waals surface area contributed by atoms with Crippen LogP contribution in [0.25, 0.3) is 0 Å². The van der Waals surface area contributed by atoms with E-state index in [9.17, 15) is 29.4 Å². The summed E-state index contributed by atoms with van der Waals surface area (Å²) in [5.41, 5.74) is 0.0659. The van der Waals surface area contributed by atoms with Crippen molar-refractivity contribution in [3.63, 3.8) is 0 Å². The Morgan fingerprint density at radius 1 is 1.00 bits per heavy atom. The van der Waals surface area contributed by atoms with Gasteiger partial charge in [0, 0.05) is 28.7 Å². The normalized spacial score (nSPS) is 13.4. The van der Waals surface area contributed by atoms with Gasteiger partial charge in [0.2, 0.25) is 14.2 Å². The lowest BCUT2D eigenvalue weighted by molar-refractivity contribution is -0.144. The van der Waals surface area contributed by atoms with Crippen LogP contribution >= 0.6 is 11.8 Å². The van der Waals surface area contributed by atoms with Gasteiger partial charge in [-0.05, 0) is 45.8 Å². The van der Waals surface area contributed by atoms with E-state index in [1.165, 1.54) is 18.9 Å². The predicted octanol–water partition coefficient (Wildman–Crippen LogP) is 3.86. The molecule has 1 aromatic rings. The summed E-state index contributed by atoms with van der Waals surface area (Å²) in [6.45, 7) is 16.3. The van der Waals surface area contributed by atoms with E-state index in [2.05, 4.69) is 44.5 Å². The van der Waals surface area contributed by atoms with Gasteiger partial charge in [-0.3, -0.25) is 4.79 Å². The minimum absolute atomic E-state index is 0.00746. The van der Waals surface area contributed by atoms with Gasteiger partial charge in [-0.15, -0.1) is 0 Å². The van der Waals surface area contributed by atoms with Gasteiger partial charge >= 0.3 is 18.0 Å². The Balaban J connectivity index is 3.20. The number of aromatic carboxylic acids is 1. The van der Waals surface area contributed by atoms with Crippen LogP contribution in [0.5, 0.6) is 11.5 Å². The van der Waals surface area contributed by atoms with E-state index in [1.54, 1.807) is 33.8 Å². The summed E-state index contributed by atoms with van der Waals surface area (Å²) in [7, 11) is 0.300. The van der Waals surface area contributed by atoms with Gasteiger partial charge in [0.05, 0.1) is 26.4 Å². The molecule has 2 atom stereocenters. The molecule has 0 radical (unpaired) electrons. The molecule has 0 bridgehead atoms. The van der Waals surface area contributed by atoms with Crippen molar-refractivity contribution >= 4 is 44.0 Å². The standard InChI is InChI=1S/C28H46N2O10SSi/c1-16-20(40-42(10,11)28(5,6)7)12-21(37-8)17(22(16)24(33)34)14-41-15-19(25(35)38-9)29-23(32)18(13-31)30-26(36)39-27(2,3)4/h12,18-19,31H,13-15H2,1-11H3,(H,29,32)(H,30,36)(H,33,34)/t18-,19-/m0/s1. The van der Waals surface area contributed by atoms with Gasteiger partial charge in [-0.2, -0.15) is 11.8 Å². The maximum Gasteiger partial charge on any atom is 0.408 e. The Morgan fingerprint density at radius 3 is 2.05 bits per heavy atom. The van der Waals surface area contributed by atoms with E-state index in [1.807, 2.05) is 0 Å². The van der Waals surface area contributed by atoms with Crippen LogP contribution in [0.4, 0.5) is 4.79 Å². The molecular formula is C28H46N2O10SSi. The van der Waals surface area contributed by atoms with E-state index < -0.39 is 56.5 Å². The first-order valence-electron chi connectivity index (χ1n) is 13.4. The monoisotopic (exact) mass is 630 g/mol. The largest absolute Gasteiger partial charge is 0.543 e. The van der Waals surface area contributed by atoms with Crippen LogP contribution in [0.3, 0.4) is 0 Å². The van der Waals surface area contributed by atoms with Gasteiger partial charge in [-0.1, -0.05) is 20.8 Å². The molecule has 4 N–H and O–H groups in total. The molecule has 0 fully saturated rings. The van der Waals surface area contributed by atoms with Crippen LogP contribution in [0.2, 0.25) is 18.1 Å². The highest BCUT2D eigenvalue weighted by atomic mass is 32.2. The van der Waals surface area contributed by atoms with E-state index in [0.29, 0.717) is 22.6 Å². The number of esters is 1. The zero-order valence-corrected chi connectivity index (χ0v) is 28.2. The van der Waals surface area contributed by atoms with E-state index in [0.717, 1.165) is 7.11 Å². The van der Waals surface area contributed by atoms with Crippen LogP contribution in [0.1, 0.15) is 63.0 Å². The number of nitrogens with one attached hydrogen (secondary N) is 2. The number of carbonyl (C=O) groups excluding carboxylic acids is 3. The summed E-state index contributed by atoms with van der Waals surface area (Å²) in [5, 5.41) is 24.4. The topological polar surface area (TPSA) is 170 Å². The number of carboxylic acids is 1. The Bertz CT molecular complexity index is 1140. The average molecular weight is 631 g/mol. The lowest BCUT2D eigenvalue weighted by Gasteiger charge is -2.37. The Labute approximate surface area is 253 Å². The molecule has 0 aromatic heterocycles. The average Bonchev–Trinajstić information content (AvgIpc) is 2.85. The first kappa shape index (κ1) is 37.1. The molecule has 2 amide bonds. The number of amides is 2. The highest BCUT2D eigenvalue weighted by Gasteiger charge is 2.40. The number of carboxylic acid groups (broad SMARTS) is 1. The van der Waals surface area contributed by atoms with Crippen LogP contribution in [-0.2, 0) is 24.8 Å². The lowest BCUT2D eigenvalue weighted by atomic mass is 10.0. The smallest absolute Gasteiger partial charge is 0.408 e. The second kappa shape index (κ2) is 15.0. The van der Waals surface area contributed by atoms with Crippen molar-refractivity contribution in [2.75, 3.05) is 26.6 Å². The lowest BCUT2D eigenvalue weighted by Crippen LogP contribution is -2.54. The number of aliphatic hydroxyl groups is 1. The zero-order valence-electron chi connectivity index (χ0n) is 26.4. The molecule has 0 aliphatic rings. The third-order valence-corrected chi connectivity index (χ3v) is 12.1. The first-order chi connectivity index (χ1) is 19.2. The highest BCUT2D eigenvalue weighted by Crippen LogP contribution is 2.41. The molecule has 0 heterocycles. The molecule has 14 heteroatoms. The predicted molar refractivity (Wildman–Crippen MR) is 163 cm³/mol. The molecule has 1 rings (SSSR count). The fourth-order valence-corrected chi connectivity index (χ4v) is 5.57. The number of carbonyl (C=O) groups is 4. The number of benzene rings is 1. The highest BCUT2D eigenvalue weighted by molar-refractivity contribution is 7.98. The Kier molecular flexibility index (Phi) is 13.2. The number of thioether (sulfide) groups is 1. The second-order valence-electron chi connectivity index (χ2n) is 12.2.